The van der Waals surface area contributed by atoms with Crippen LogP contribution in [0.4, 0.5) is 13.2 Å². The number of alkyl halides is 3. The zero-order valence-corrected chi connectivity index (χ0v) is 13.4. The lowest BCUT2D eigenvalue weighted by Gasteiger charge is -2.43. The molecule has 1 saturated carbocycles. The van der Waals surface area contributed by atoms with Crippen molar-refractivity contribution < 1.29 is 18.3 Å². The molecule has 3 aromatic heterocycles. The van der Waals surface area contributed by atoms with Crippen LogP contribution in [0.1, 0.15) is 17.7 Å². The summed E-state index contributed by atoms with van der Waals surface area (Å²) < 4.78 is 39.6. The smallest absolute Gasteiger partial charge is 0.384 e. The standard InChI is InChI=1S/C15H13F3N4OS/c1-22-7-9(6-20-22)12-19-5-8-2-11(24-13(8)21-12)14(23)3-10(4-14)15(16,17)18/h2,5-7,10,23H,3-4H2,1H3. The van der Waals surface area contributed by atoms with E-state index in [0.29, 0.717) is 20.9 Å². The first kappa shape index (κ1) is 15.5. The van der Waals surface area contributed by atoms with Gasteiger partial charge >= 0.3 is 6.18 Å². The van der Waals surface area contributed by atoms with Gasteiger partial charge in [0, 0.05) is 29.7 Å². The Balaban J connectivity index is 1.65. The maximum atomic E-state index is 12.7. The molecule has 1 N–H and O–H groups in total. The van der Waals surface area contributed by atoms with Crippen LogP contribution in [0.2, 0.25) is 0 Å². The van der Waals surface area contributed by atoms with E-state index in [4.69, 9.17) is 0 Å². The van der Waals surface area contributed by atoms with Gasteiger partial charge in [-0.3, -0.25) is 4.68 Å². The number of rotatable bonds is 2. The van der Waals surface area contributed by atoms with Gasteiger partial charge in [0.1, 0.15) is 10.4 Å². The van der Waals surface area contributed by atoms with Crippen molar-refractivity contribution in [3.05, 3.63) is 29.5 Å². The molecule has 24 heavy (non-hydrogen) atoms. The molecule has 1 aliphatic carbocycles. The zero-order chi connectivity index (χ0) is 17.1. The van der Waals surface area contributed by atoms with Crippen LogP contribution in [0.15, 0.2) is 24.7 Å². The third-order valence-corrected chi connectivity index (χ3v) is 5.56. The van der Waals surface area contributed by atoms with Crippen molar-refractivity contribution in [2.75, 3.05) is 0 Å². The van der Waals surface area contributed by atoms with Crippen LogP contribution >= 0.6 is 11.3 Å². The van der Waals surface area contributed by atoms with Gasteiger partial charge < -0.3 is 5.11 Å². The first-order valence-electron chi connectivity index (χ1n) is 7.30. The molecule has 0 bridgehead atoms. The van der Waals surface area contributed by atoms with E-state index in [1.54, 1.807) is 36.4 Å². The second-order valence-corrected chi connectivity index (χ2v) is 7.18. The monoisotopic (exact) mass is 354 g/mol. The van der Waals surface area contributed by atoms with Gasteiger partial charge in [-0.15, -0.1) is 11.3 Å². The molecule has 0 aromatic carbocycles. The third kappa shape index (κ3) is 2.48. The quantitative estimate of drug-likeness (QED) is 0.767. The molecule has 3 heterocycles. The fraction of sp³-hybridized carbons (Fsp3) is 0.400. The zero-order valence-electron chi connectivity index (χ0n) is 12.6. The van der Waals surface area contributed by atoms with Crippen LogP contribution in [-0.4, -0.2) is 31.0 Å². The second kappa shape index (κ2) is 5.00. The number of halogens is 3. The number of thiophene rings is 1. The molecule has 5 nitrogen and oxygen atoms in total. The Morgan fingerprint density at radius 2 is 2.08 bits per heavy atom. The van der Waals surface area contributed by atoms with E-state index in [1.165, 1.54) is 11.3 Å². The van der Waals surface area contributed by atoms with Gasteiger partial charge in [0.2, 0.25) is 0 Å². The summed E-state index contributed by atoms with van der Waals surface area (Å²) in [5.74, 6) is -0.942. The molecule has 9 heteroatoms. The number of nitrogens with zero attached hydrogens (tertiary/aromatic N) is 4. The van der Waals surface area contributed by atoms with E-state index in [-0.39, 0.29) is 12.8 Å². The number of aryl methyl sites for hydroxylation is 1. The molecular formula is C15H13F3N4OS. The molecule has 0 radical (unpaired) electrons. The van der Waals surface area contributed by atoms with E-state index in [9.17, 15) is 18.3 Å². The van der Waals surface area contributed by atoms with E-state index in [1.807, 2.05) is 0 Å². The Kier molecular flexibility index (Phi) is 3.23. The highest BCUT2D eigenvalue weighted by Crippen LogP contribution is 2.54. The molecular weight excluding hydrogens is 341 g/mol. The van der Waals surface area contributed by atoms with Crippen molar-refractivity contribution in [3.8, 4) is 11.4 Å². The summed E-state index contributed by atoms with van der Waals surface area (Å²) in [6.07, 6.45) is 0.189. The first-order chi connectivity index (χ1) is 11.2. The second-order valence-electron chi connectivity index (χ2n) is 6.15. The highest BCUT2D eigenvalue weighted by atomic mass is 32.1. The molecule has 126 valence electrons. The molecule has 0 unspecified atom stereocenters. The van der Waals surface area contributed by atoms with Crippen molar-refractivity contribution in [3.63, 3.8) is 0 Å². The van der Waals surface area contributed by atoms with Gasteiger partial charge in [-0.1, -0.05) is 0 Å². The predicted molar refractivity (Wildman–Crippen MR) is 82.3 cm³/mol. The molecule has 1 aliphatic rings. The predicted octanol–water partition coefficient (Wildman–Crippen LogP) is 3.25. The molecule has 4 rings (SSSR count). The average molecular weight is 354 g/mol. The lowest BCUT2D eigenvalue weighted by molar-refractivity contribution is -0.241. The van der Waals surface area contributed by atoms with E-state index in [0.717, 1.165) is 5.56 Å². The molecule has 1 fully saturated rings. The van der Waals surface area contributed by atoms with Gasteiger partial charge in [0.15, 0.2) is 5.82 Å². The summed E-state index contributed by atoms with van der Waals surface area (Å²) >= 11 is 1.21. The Morgan fingerprint density at radius 3 is 2.71 bits per heavy atom. The van der Waals surface area contributed by atoms with Crippen molar-refractivity contribution in [1.29, 1.82) is 0 Å². The summed E-state index contributed by atoms with van der Waals surface area (Å²) in [7, 11) is 1.79. The molecule has 0 atom stereocenters. The third-order valence-electron chi connectivity index (χ3n) is 4.33. The SMILES string of the molecule is Cn1cc(-c2ncc3cc(C4(O)CC(C(F)(F)F)C4)sc3n2)cn1. The Labute approximate surface area is 138 Å². The number of aromatic nitrogens is 4. The van der Waals surface area contributed by atoms with Gasteiger partial charge in [0.25, 0.3) is 0 Å². The molecule has 0 spiro atoms. The number of aliphatic hydroxyl groups is 1. The lowest BCUT2D eigenvalue weighted by Crippen LogP contribution is -2.46. The number of fused-ring (bicyclic) bond motifs is 1. The van der Waals surface area contributed by atoms with Crippen molar-refractivity contribution in [2.45, 2.75) is 24.6 Å². The molecule has 0 saturated heterocycles. The number of hydrogen-bond acceptors (Lipinski definition) is 5. The summed E-state index contributed by atoms with van der Waals surface area (Å²) in [6, 6.07) is 1.68. The summed E-state index contributed by atoms with van der Waals surface area (Å²) in [6.45, 7) is 0. The Morgan fingerprint density at radius 1 is 1.33 bits per heavy atom. The van der Waals surface area contributed by atoms with Crippen LogP contribution < -0.4 is 0 Å². The Hall–Kier alpha value is -2.00. The van der Waals surface area contributed by atoms with Gasteiger partial charge in [-0.05, 0) is 18.9 Å². The highest BCUT2D eigenvalue weighted by Gasteiger charge is 2.56. The number of hydrogen-bond donors (Lipinski definition) is 1. The highest BCUT2D eigenvalue weighted by molar-refractivity contribution is 7.18. The summed E-state index contributed by atoms with van der Waals surface area (Å²) in [4.78, 5) is 9.86. The minimum Gasteiger partial charge on any atom is -0.384 e. The Bertz CT molecular complexity index is 911. The maximum Gasteiger partial charge on any atom is 0.392 e. The topological polar surface area (TPSA) is 63.8 Å². The summed E-state index contributed by atoms with van der Waals surface area (Å²) in [5.41, 5.74) is -0.658. The van der Waals surface area contributed by atoms with Crippen molar-refractivity contribution >= 4 is 21.6 Å². The van der Waals surface area contributed by atoms with E-state index in [2.05, 4.69) is 15.1 Å². The van der Waals surface area contributed by atoms with Crippen molar-refractivity contribution in [2.24, 2.45) is 13.0 Å². The van der Waals surface area contributed by atoms with Gasteiger partial charge in [-0.2, -0.15) is 18.3 Å². The van der Waals surface area contributed by atoms with Crippen molar-refractivity contribution in [1.82, 2.24) is 19.7 Å². The van der Waals surface area contributed by atoms with Crippen LogP contribution in [-0.2, 0) is 12.6 Å². The fourth-order valence-electron chi connectivity index (χ4n) is 2.92. The minimum absolute atomic E-state index is 0.299. The first-order valence-corrected chi connectivity index (χ1v) is 8.11. The van der Waals surface area contributed by atoms with Gasteiger partial charge in [-0.25, -0.2) is 9.97 Å². The lowest BCUT2D eigenvalue weighted by atomic mass is 9.70. The molecule has 0 aliphatic heterocycles. The fourth-order valence-corrected chi connectivity index (χ4v) is 4.04. The van der Waals surface area contributed by atoms with E-state index < -0.39 is 17.7 Å². The van der Waals surface area contributed by atoms with Crippen LogP contribution in [0.3, 0.4) is 0 Å². The largest absolute Gasteiger partial charge is 0.392 e. The maximum absolute atomic E-state index is 12.7. The van der Waals surface area contributed by atoms with E-state index >= 15 is 0 Å². The average Bonchev–Trinajstić information content (AvgIpc) is 3.08. The summed E-state index contributed by atoms with van der Waals surface area (Å²) in [5, 5.41) is 15.2. The van der Waals surface area contributed by atoms with Crippen LogP contribution in [0.25, 0.3) is 21.6 Å². The minimum atomic E-state index is -4.25. The van der Waals surface area contributed by atoms with Crippen LogP contribution in [0, 0.1) is 5.92 Å². The van der Waals surface area contributed by atoms with Crippen LogP contribution in [0.5, 0.6) is 0 Å². The molecule has 0 amide bonds. The molecule has 3 aromatic rings. The van der Waals surface area contributed by atoms with Gasteiger partial charge in [0.05, 0.1) is 17.7 Å². The normalized spacial score (nSPS) is 24.3.